The van der Waals surface area contributed by atoms with Crippen molar-refractivity contribution in [3.8, 4) is 0 Å². The first-order valence-corrected chi connectivity index (χ1v) is 16.5. The van der Waals surface area contributed by atoms with Crippen molar-refractivity contribution in [1.29, 1.82) is 0 Å². The maximum absolute atomic E-state index is 13.9. The number of aliphatic carboxylic acids is 1. The number of likely N-dealkylation sites (tertiary alicyclic amines) is 1. The van der Waals surface area contributed by atoms with E-state index in [0.29, 0.717) is 12.0 Å². The molecule has 2 aromatic carbocycles. The molecule has 2 aromatic rings. The van der Waals surface area contributed by atoms with Gasteiger partial charge in [-0.3, -0.25) is 19.2 Å². The Morgan fingerprint density at radius 3 is 2.33 bits per heavy atom. The topological polar surface area (TPSA) is 191 Å². The van der Waals surface area contributed by atoms with E-state index in [-0.39, 0.29) is 60.7 Å². The Morgan fingerprint density at radius 1 is 1.02 bits per heavy atom. The summed E-state index contributed by atoms with van der Waals surface area (Å²) < 4.78 is 5.16. The number of amides is 4. The fourth-order valence-electron chi connectivity index (χ4n) is 5.24. The van der Waals surface area contributed by atoms with Gasteiger partial charge in [-0.25, -0.2) is 9.59 Å². The van der Waals surface area contributed by atoms with Crippen molar-refractivity contribution in [3.05, 3.63) is 70.2 Å². The Labute approximate surface area is 289 Å². The minimum Gasteiger partial charge on any atom is -0.481 e. The number of carboxylic acid groups (broad SMARTS) is 2. The van der Waals surface area contributed by atoms with Crippen LogP contribution in [0.15, 0.2) is 48.5 Å². The number of alkyl carbamates (subject to hydrolysis) is 1. The van der Waals surface area contributed by atoms with Gasteiger partial charge in [-0.1, -0.05) is 61.8 Å². The first-order chi connectivity index (χ1) is 22.8. The number of aromatic carboxylic acids is 1. The molecule has 4 amide bonds. The van der Waals surface area contributed by atoms with Gasteiger partial charge >= 0.3 is 18.0 Å². The number of hydrogen-bond acceptors (Lipinski definition) is 8. The Balaban J connectivity index is 1.75. The molecule has 0 aliphatic carbocycles. The predicted molar refractivity (Wildman–Crippen MR) is 180 cm³/mol. The van der Waals surface area contributed by atoms with Crippen molar-refractivity contribution in [3.63, 3.8) is 0 Å². The maximum atomic E-state index is 13.9. The first-order valence-electron chi connectivity index (χ1n) is 15.5. The van der Waals surface area contributed by atoms with E-state index < -0.39 is 60.3 Å². The summed E-state index contributed by atoms with van der Waals surface area (Å²) >= 11 is 10.4. The van der Waals surface area contributed by atoms with E-state index in [0.717, 1.165) is 5.56 Å². The first kappa shape index (κ1) is 38.2. The molecule has 0 bridgehead atoms. The van der Waals surface area contributed by atoms with Gasteiger partial charge in [-0.05, 0) is 48.4 Å². The lowest BCUT2D eigenvalue weighted by Crippen LogP contribution is -2.56. The molecule has 15 heteroatoms. The van der Waals surface area contributed by atoms with Crippen LogP contribution in [0.5, 0.6) is 0 Å². The Bertz CT molecular complexity index is 1480. The molecule has 1 fully saturated rings. The highest BCUT2D eigenvalue weighted by molar-refractivity contribution is 7.80. The largest absolute Gasteiger partial charge is 0.481 e. The van der Waals surface area contributed by atoms with E-state index in [4.69, 9.17) is 21.4 Å². The van der Waals surface area contributed by atoms with E-state index in [2.05, 4.69) is 28.6 Å². The second-order valence-corrected chi connectivity index (χ2v) is 12.6. The fraction of sp³-hybridized carbons (Fsp3) is 0.455. The maximum Gasteiger partial charge on any atom is 0.407 e. The smallest absolute Gasteiger partial charge is 0.407 e. The number of thiol groups is 1. The number of carbonyl (C=O) groups excluding carboxylic acids is 4. The molecule has 0 radical (unpaired) electrons. The van der Waals surface area contributed by atoms with E-state index in [1.54, 1.807) is 6.07 Å². The SMILES string of the molecule is CC(C)COC(=O)N[C@@H](CCC(=O)O)C(=O)N1C[C@H](c2ccccc2)C[C@H]1C(=O)N[C@@H](CS)C(=O)NCCc1ccc(C(=O)O)cc1Cl. The molecule has 0 unspecified atom stereocenters. The van der Waals surface area contributed by atoms with Crippen molar-refractivity contribution in [1.82, 2.24) is 20.9 Å². The lowest BCUT2D eigenvalue weighted by atomic mass is 9.96. The summed E-state index contributed by atoms with van der Waals surface area (Å²) in [4.78, 5) is 77.1. The third kappa shape index (κ3) is 11.2. The molecule has 48 heavy (non-hydrogen) atoms. The fourth-order valence-corrected chi connectivity index (χ4v) is 5.77. The van der Waals surface area contributed by atoms with Crippen LogP contribution in [0.2, 0.25) is 5.02 Å². The number of nitrogens with zero attached hydrogens (tertiary/aromatic N) is 1. The molecular formula is C33H41ClN4O9S. The number of rotatable bonds is 16. The summed E-state index contributed by atoms with van der Waals surface area (Å²) in [7, 11) is 0. The second-order valence-electron chi connectivity index (χ2n) is 11.9. The van der Waals surface area contributed by atoms with E-state index in [1.165, 1.54) is 17.0 Å². The highest BCUT2D eigenvalue weighted by Crippen LogP contribution is 2.33. The Hall–Kier alpha value is -4.30. The average molecular weight is 705 g/mol. The number of nitrogens with one attached hydrogen (secondary N) is 3. The molecule has 0 saturated carbocycles. The van der Waals surface area contributed by atoms with Gasteiger partial charge in [0.15, 0.2) is 0 Å². The van der Waals surface area contributed by atoms with Gasteiger partial charge in [0.05, 0.1) is 12.2 Å². The number of hydrogen-bond donors (Lipinski definition) is 6. The minimum absolute atomic E-state index is 0.0300. The van der Waals surface area contributed by atoms with E-state index in [9.17, 15) is 33.9 Å². The Morgan fingerprint density at radius 2 is 1.73 bits per heavy atom. The van der Waals surface area contributed by atoms with Crippen molar-refractivity contribution in [2.75, 3.05) is 25.4 Å². The zero-order valence-electron chi connectivity index (χ0n) is 26.7. The Kier molecular flexibility index (Phi) is 14.5. The molecule has 13 nitrogen and oxygen atoms in total. The van der Waals surface area contributed by atoms with Crippen LogP contribution in [0.4, 0.5) is 4.79 Å². The van der Waals surface area contributed by atoms with Crippen LogP contribution in [-0.4, -0.2) is 94.4 Å². The quantitative estimate of drug-likeness (QED) is 0.143. The molecular weight excluding hydrogens is 664 g/mol. The second kappa shape index (κ2) is 18.3. The van der Waals surface area contributed by atoms with Gasteiger partial charge in [0.2, 0.25) is 17.7 Å². The molecule has 260 valence electrons. The summed E-state index contributed by atoms with van der Waals surface area (Å²) in [6.45, 7) is 4.03. The monoisotopic (exact) mass is 704 g/mol. The minimum atomic E-state index is -1.27. The summed E-state index contributed by atoms with van der Waals surface area (Å²) in [6.07, 6.45) is -0.998. The van der Waals surface area contributed by atoms with Gasteiger partial charge in [0.1, 0.15) is 18.1 Å². The van der Waals surface area contributed by atoms with Crippen LogP contribution in [0, 0.1) is 5.92 Å². The normalized spacial score (nSPS) is 16.9. The van der Waals surface area contributed by atoms with Crippen LogP contribution >= 0.6 is 24.2 Å². The van der Waals surface area contributed by atoms with Crippen molar-refractivity contribution in [2.45, 2.75) is 63.6 Å². The van der Waals surface area contributed by atoms with Gasteiger partial charge in [-0.2, -0.15) is 12.6 Å². The number of benzene rings is 2. The molecule has 1 saturated heterocycles. The zero-order chi connectivity index (χ0) is 35.4. The molecule has 1 heterocycles. The number of carbonyl (C=O) groups is 6. The number of ether oxygens (including phenoxy) is 1. The molecule has 4 atom stereocenters. The van der Waals surface area contributed by atoms with Crippen molar-refractivity contribution < 1.29 is 43.7 Å². The van der Waals surface area contributed by atoms with Gasteiger partial charge < -0.3 is 35.8 Å². The van der Waals surface area contributed by atoms with Crippen LogP contribution in [0.3, 0.4) is 0 Å². The molecule has 3 rings (SSSR count). The standard InChI is InChI=1S/C33H41ClN4O9S/c1-19(2)17-47-33(46)37-25(10-11-28(39)40)31(43)38-16-23(20-6-4-3-5-7-20)15-27(38)30(42)36-26(18-48)29(41)35-13-12-21-8-9-22(32(44)45)14-24(21)34/h3-9,14,19,23,25-27,48H,10-13,15-18H2,1-2H3,(H,35,41)(H,36,42)(H,37,46)(H,39,40)(H,44,45)/t23-,25+,26+,27+/m1/s1. The highest BCUT2D eigenvalue weighted by Gasteiger charge is 2.43. The van der Waals surface area contributed by atoms with E-state index >= 15 is 0 Å². The predicted octanol–water partition coefficient (Wildman–Crippen LogP) is 3.11. The van der Waals surface area contributed by atoms with Crippen molar-refractivity contribution in [2.24, 2.45) is 5.92 Å². The summed E-state index contributed by atoms with van der Waals surface area (Å²) in [5.41, 5.74) is 1.55. The van der Waals surface area contributed by atoms with Crippen molar-refractivity contribution >= 4 is 60.0 Å². The molecule has 5 N–H and O–H groups in total. The summed E-state index contributed by atoms with van der Waals surface area (Å²) in [6, 6.07) is 10.2. The molecule has 0 spiro atoms. The zero-order valence-corrected chi connectivity index (χ0v) is 28.3. The van der Waals surface area contributed by atoms with Gasteiger partial charge in [0, 0.05) is 36.2 Å². The lowest BCUT2D eigenvalue weighted by molar-refractivity contribution is -0.141. The van der Waals surface area contributed by atoms with Crippen LogP contribution < -0.4 is 16.0 Å². The number of halogens is 1. The third-order valence-corrected chi connectivity index (χ3v) is 8.47. The van der Waals surface area contributed by atoms with Crippen LogP contribution in [0.1, 0.15) is 60.5 Å². The van der Waals surface area contributed by atoms with Crippen LogP contribution in [0.25, 0.3) is 0 Å². The van der Waals surface area contributed by atoms with Crippen LogP contribution in [-0.2, 0) is 30.3 Å². The lowest BCUT2D eigenvalue weighted by Gasteiger charge is -2.29. The van der Waals surface area contributed by atoms with E-state index in [1.807, 2.05) is 44.2 Å². The molecule has 1 aliphatic heterocycles. The highest BCUT2D eigenvalue weighted by atomic mass is 35.5. The molecule has 1 aliphatic rings. The number of carboxylic acids is 2. The summed E-state index contributed by atoms with van der Waals surface area (Å²) in [5.74, 6) is -4.33. The molecule has 0 aromatic heterocycles. The third-order valence-electron chi connectivity index (χ3n) is 7.75. The summed E-state index contributed by atoms with van der Waals surface area (Å²) in [5, 5.41) is 26.6. The van der Waals surface area contributed by atoms with Gasteiger partial charge in [0.25, 0.3) is 0 Å². The van der Waals surface area contributed by atoms with Gasteiger partial charge in [-0.15, -0.1) is 0 Å². The average Bonchev–Trinajstić information content (AvgIpc) is 3.51.